The van der Waals surface area contributed by atoms with E-state index >= 15 is 0 Å². The molecule has 0 aliphatic carbocycles. The van der Waals surface area contributed by atoms with Gasteiger partial charge in [0.05, 0.1) is 0 Å². The monoisotopic (exact) mass is 297 g/mol. The highest BCUT2D eigenvalue weighted by Gasteiger charge is 2.09. The van der Waals surface area contributed by atoms with Gasteiger partial charge in [0.1, 0.15) is 5.82 Å². The summed E-state index contributed by atoms with van der Waals surface area (Å²) in [4.78, 5) is 0. The molecule has 0 amide bonds. The Morgan fingerprint density at radius 1 is 1.47 bits per heavy atom. The van der Waals surface area contributed by atoms with Gasteiger partial charge in [-0.2, -0.15) is 0 Å². The summed E-state index contributed by atoms with van der Waals surface area (Å²) in [6.07, 6.45) is 8.01. The van der Waals surface area contributed by atoms with Crippen LogP contribution in [0.25, 0.3) is 0 Å². The van der Waals surface area contributed by atoms with E-state index < -0.39 is 0 Å². The zero-order valence-electron chi connectivity index (χ0n) is 9.97. The fourth-order valence-corrected chi connectivity index (χ4v) is 1.97. The van der Waals surface area contributed by atoms with E-state index in [1.807, 2.05) is 13.0 Å². The summed E-state index contributed by atoms with van der Waals surface area (Å²) in [5, 5.41) is 3.29. The number of terminal acetylenes is 1. The largest absolute Gasteiger partial charge is 0.310 e. The second-order valence-corrected chi connectivity index (χ2v) is 4.92. The molecule has 0 saturated carbocycles. The van der Waals surface area contributed by atoms with Crippen LogP contribution in [0.3, 0.4) is 0 Å². The number of halogens is 2. The van der Waals surface area contributed by atoms with Crippen molar-refractivity contribution < 1.29 is 4.39 Å². The third-order valence-corrected chi connectivity index (χ3v) is 3.12. The van der Waals surface area contributed by atoms with Crippen molar-refractivity contribution >= 4 is 15.9 Å². The lowest BCUT2D eigenvalue weighted by molar-refractivity contribution is 0.516. The van der Waals surface area contributed by atoms with Gasteiger partial charge in [0.2, 0.25) is 0 Å². The van der Waals surface area contributed by atoms with Crippen LogP contribution in [0.4, 0.5) is 4.39 Å². The second-order valence-electron chi connectivity index (χ2n) is 4.00. The summed E-state index contributed by atoms with van der Waals surface area (Å²) < 4.78 is 14.4. The minimum Gasteiger partial charge on any atom is -0.310 e. The minimum atomic E-state index is -0.178. The van der Waals surface area contributed by atoms with Gasteiger partial charge >= 0.3 is 0 Å². The van der Waals surface area contributed by atoms with Gasteiger partial charge in [0.25, 0.3) is 0 Å². The standard InChI is InChI=1S/C14H17BrFN/c1-3-4-5-6-9-17-11(2)13-8-7-12(15)10-14(13)16/h1,7-8,10-11,17H,4-6,9H2,2H3. The van der Waals surface area contributed by atoms with Crippen LogP contribution < -0.4 is 5.32 Å². The average Bonchev–Trinajstić information content (AvgIpc) is 2.28. The van der Waals surface area contributed by atoms with E-state index in [0.29, 0.717) is 5.56 Å². The maximum atomic E-state index is 13.6. The topological polar surface area (TPSA) is 12.0 Å². The Balaban J connectivity index is 2.42. The summed E-state index contributed by atoms with van der Waals surface area (Å²) in [5.41, 5.74) is 0.699. The molecule has 1 atom stereocenters. The lowest BCUT2D eigenvalue weighted by Gasteiger charge is -2.15. The van der Waals surface area contributed by atoms with Gasteiger partial charge in [0, 0.05) is 22.5 Å². The highest BCUT2D eigenvalue weighted by Crippen LogP contribution is 2.20. The first-order chi connectivity index (χ1) is 8.15. The molecule has 92 valence electrons. The van der Waals surface area contributed by atoms with Crippen LogP contribution in [0.5, 0.6) is 0 Å². The number of nitrogens with one attached hydrogen (secondary N) is 1. The minimum absolute atomic E-state index is 0.0222. The van der Waals surface area contributed by atoms with E-state index in [0.717, 1.165) is 30.3 Å². The first-order valence-corrected chi connectivity index (χ1v) is 6.56. The molecule has 1 nitrogen and oxygen atoms in total. The van der Waals surface area contributed by atoms with Gasteiger partial charge in [0.15, 0.2) is 0 Å². The Hall–Kier alpha value is -0.850. The highest BCUT2D eigenvalue weighted by molar-refractivity contribution is 9.10. The van der Waals surface area contributed by atoms with E-state index in [4.69, 9.17) is 6.42 Å². The molecule has 1 aromatic rings. The normalized spacial score (nSPS) is 12.1. The molecule has 0 aliphatic heterocycles. The van der Waals surface area contributed by atoms with Crippen molar-refractivity contribution in [1.82, 2.24) is 5.32 Å². The average molecular weight is 298 g/mol. The third kappa shape index (κ3) is 4.89. The molecule has 0 heterocycles. The zero-order valence-corrected chi connectivity index (χ0v) is 11.6. The molecule has 0 radical (unpaired) electrons. The Morgan fingerprint density at radius 3 is 2.88 bits per heavy atom. The SMILES string of the molecule is C#CCCCCNC(C)c1ccc(Br)cc1F. The van der Waals surface area contributed by atoms with Crippen molar-refractivity contribution in [2.24, 2.45) is 0 Å². The van der Waals surface area contributed by atoms with E-state index in [9.17, 15) is 4.39 Å². The second kappa shape index (κ2) is 7.47. The van der Waals surface area contributed by atoms with Crippen LogP contribution in [-0.4, -0.2) is 6.54 Å². The molecule has 0 saturated heterocycles. The Morgan fingerprint density at radius 2 is 2.24 bits per heavy atom. The summed E-state index contributed by atoms with van der Waals surface area (Å²) in [5.74, 6) is 2.43. The number of unbranched alkanes of at least 4 members (excludes halogenated alkanes) is 2. The summed E-state index contributed by atoms with van der Waals surface area (Å²) in [6.45, 7) is 2.83. The molecule has 3 heteroatoms. The van der Waals surface area contributed by atoms with Crippen molar-refractivity contribution in [3.63, 3.8) is 0 Å². The fourth-order valence-electron chi connectivity index (χ4n) is 1.63. The predicted octanol–water partition coefficient (Wildman–Crippen LogP) is 4.04. The van der Waals surface area contributed by atoms with Gasteiger partial charge in [-0.15, -0.1) is 12.3 Å². The number of hydrogen-bond acceptors (Lipinski definition) is 1. The maximum absolute atomic E-state index is 13.6. The third-order valence-electron chi connectivity index (χ3n) is 2.63. The van der Waals surface area contributed by atoms with E-state index in [1.54, 1.807) is 6.07 Å². The highest BCUT2D eigenvalue weighted by atomic mass is 79.9. The summed E-state index contributed by atoms with van der Waals surface area (Å²) in [6, 6.07) is 5.17. The maximum Gasteiger partial charge on any atom is 0.129 e. The van der Waals surface area contributed by atoms with Gasteiger partial charge < -0.3 is 5.32 Å². The van der Waals surface area contributed by atoms with Crippen molar-refractivity contribution in [2.75, 3.05) is 6.54 Å². The van der Waals surface area contributed by atoms with Crippen molar-refractivity contribution in [1.29, 1.82) is 0 Å². The first-order valence-electron chi connectivity index (χ1n) is 5.77. The van der Waals surface area contributed by atoms with Gasteiger partial charge in [-0.3, -0.25) is 0 Å². The summed E-state index contributed by atoms with van der Waals surface area (Å²) >= 11 is 3.25. The summed E-state index contributed by atoms with van der Waals surface area (Å²) in [7, 11) is 0. The number of rotatable bonds is 6. The van der Waals surface area contributed by atoms with E-state index in [-0.39, 0.29) is 11.9 Å². The first kappa shape index (κ1) is 14.2. The molecule has 0 fully saturated rings. The van der Waals surface area contributed by atoms with Crippen molar-refractivity contribution in [3.8, 4) is 12.3 Å². The Labute approximate surface area is 111 Å². The van der Waals surface area contributed by atoms with Crippen LogP contribution in [0.1, 0.15) is 37.8 Å². The number of hydrogen-bond donors (Lipinski definition) is 1. The van der Waals surface area contributed by atoms with Gasteiger partial charge in [-0.1, -0.05) is 22.0 Å². The molecular formula is C14H17BrFN. The predicted molar refractivity (Wildman–Crippen MR) is 73.2 cm³/mol. The van der Waals surface area contributed by atoms with Crippen molar-refractivity contribution in [2.45, 2.75) is 32.2 Å². The number of benzene rings is 1. The van der Waals surface area contributed by atoms with Crippen LogP contribution in [-0.2, 0) is 0 Å². The molecular weight excluding hydrogens is 281 g/mol. The van der Waals surface area contributed by atoms with Crippen molar-refractivity contribution in [3.05, 3.63) is 34.1 Å². The lowest BCUT2D eigenvalue weighted by atomic mass is 10.1. The smallest absolute Gasteiger partial charge is 0.129 e. The lowest BCUT2D eigenvalue weighted by Crippen LogP contribution is -2.20. The molecule has 0 bridgehead atoms. The van der Waals surface area contributed by atoms with Crippen LogP contribution in [0.2, 0.25) is 0 Å². The van der Waals surface area contributed by atoms with E-state index in [1.165, 1.54) is 6.07 Å². The molecule has 0 aromatic heterocycles. The van der Waals surface area contributed by atoms with E-state index in [2.05, 4.69) is 27.2 Å². The quantitative estimate of drug-likeness (QED) is 0.617. The van der Waals surface area contributed by atoms with Crippen LogP contribution >= 0.6 is 15.9 Å². The molecule has 0 spiro atoms. The van der Waals surface area contributed by atoms with Gasteiger partial charge in [-0.05, 0) is 38.4 Å². The molecule has 17 heavy (non-hydrogen) atoms. The molecule has 1 rings (SSSR count). The Bertz CT molecular complexity index is 398. The molecule has 0 aliphatic rings. The van der Waals surface area contributed by atoms with Crippen LogP contribution in [0.15, 0.2) is 22.7 Å². The fraction of sp³-hybridized carbons (Fsp3) is 0.429. The van der Waals surface area contributed by atoms with Crippen LogP contribution in [0, 0.1) is 18.2 Å². The molecule has 1 unspecified atom stereocenters. The molecule has 1 aromatic carbocycles. The Kier molecular flexibility index (Phi) is 6.25. The van der Waals surface area contributed by atoms with Gasteiger partial charge in [-0.25, -0.2) is 4.39 Å². The molecule has 1 N–H and O–H groups in total. The zero-order chi connectivity index (χ0) is 12.7.